The summed E-state index contributed by atoms with van der Waals surface area (Å²) in [4.78, 5) is 20.9. The molecular formula is C18H33NO3. The van der Waals surface area contributed by atoms with E-state index in [1.54, 1.807) is 0 Å². The van der Waals surface area contributed by atoms with Crippen LogP contribution >= 0.6 is 0 Å². The van der Waals surface area contributed by atoms with Crippen LogP contribution in [0.1, 0.15) is 89.9 Å². The first-order valence-electron chi connectivity index (χ1n) is 8.78. The van der Waals surface area contributed by atoms with Gasteiger partial charge in [0.15, 0.2) is 0 Å². The molecule has 0 fully saturated rings. The second-order valence-electron chi connectivity index (χ2n) is 5.94. The number of rotatable bonds is 16. The molecule has 1 amide bonds. The Labute approximate surface area is 135 Å². The minimum atomic E-state index is -0.684. The van der Waals surface area contributed by atoms with E-state index in [1.165, 1.54) is 32.1 Å². The van der Waals surface area contributed by atoms with E-state index in [1.807, 2.05) is 0 Å². The first-order chi connectivity index (χ1) is 10.6. The molecule has 22 heavy (non-hydrogen) atoms. The highest BCUT2D eigenvalue weighted by Gasteiger charge is 1.96. The zero-order valence-corrected chi connectivity index (χ0v) is 13.9. The number of carbonyl (C=O) groups excluding carboxylic acids is 1. The molecule has 0 radical (unpaired) electrons. The standard InChI is InChI=1S/C18H33NO3/c19-17(20)15-13-11-9-7-5-3-1-2-4-6-8-10-12-14-16-18(21)22/h1-2H,3-16H2,(H2,19,20)(H,21,22)/b2-1-. The van der Waals surface area contributed by atoms with Gasteiger partial charge in [0.05, 0.1) is 0 Å². The fourth-order valence-corrected chi connectivity index (χ4v) is 2.40. The van der Waals surface area contributed by atoms with Crippen molar-refractivity contribution in [3.8, 4) is 0 Å². The Morgan fingerprint density at radius 3 is 1.55 bits per heavy atom. The summed E-state index contributed by atoms with van der Waals surface area (Å²) in [5, 5.41) is 8.51. The molecule has 0 aromatic rings. The van der Waals surface area contributed by atoms with E-state index in [-0.39, 0.29) is 5.91 Å². The molecule has 0 rings (SSSR count). The van der Waals surface area contributed by atoms with Crippen molar-refractivity contribution < 1.29 is 14.7 Å². The Bertz CT molecular complexity index is 283. The smallest absolute Gasteiger partial charge is 0.303 e. The fraction of sp³-hybridized carbons (Fsp3) is 0.778. The van der Waals surface area contributed by atoms with Crippen molar-refractivity contribution in [2.75, 3.05) is 0 Å². The lowest BCUT2D eigenvalue weighted by molar-refractivity contribution is -0.137. The molecule has 3 N–H and O–H groups in total. The van der Waals surface area contributed by atoms with Gasteiger partial charge >= 0.3 is 5.97 Å². The monoisotopic (exact) mass is 311 g/mol. The van der Waals surface area contributed by atoms with Crippen molar-refractivity contribution in [3.05, 3.63) is 12.2 Å². The van der Waals surface area contributed by atoms with E-state index in [9.17, 15) is 9.59 Å². The Hall–Kier alpha value is -1.32. The van der Waals surface area contributed by atoms with E-state index in [2.05, 4.69) is 12.2 Å². The SMILES string of the molecule is NC(=O)CCCCCCC/C=C\CCCCCCCC(=O)O. The Balaban J connectivity index is 3.12. The molecule has 0 unspecified atom stereocenters. The lowest BCUT2D eigenvalue weighted by atomic mass is 10.1. The predicted molar refractivity (Wildman–Crippen MR) is 90.6 cm³/mol. The molecule has 128 valence electrons. The summed E-state index contributed by atoms with van der Waals surface area (Å²) in [6.07, 6.45) is 18.7. The molecule has 0 heterocycles. The van der Waals surface area contributed by atoms with Gasteiger partial charge in [-0.25, -0.2) is 0 Å². The van der Waals surface area contributed by atoms with E-state index in [0.717, 1.165) is 44.9 Å². The highest BCUT2D eigenvalue weighted by Crippen LogP contribution is 2.09. The van der Waals surface area contributed by atoms with Crippen LogP contribution in [0.5, 0.6) is 0 Å². The number of carboxylic acids is 1. The minimum absolute atomic E-state index is 0.190. The first-order valence-corrected chi connectivity index (χ1v) is 8.78. The van der Waals surface area contributed by atoms with Crippen LogP contribution in [0.2, 0.25) is 0 Å². The molecular weight excluding hydrogens is 278 g/mol. The molecule has 4 heteroatoms. The quantitative estimate of drug-likeness (QED) is 0.323. The zero-order valence-electron chi connectivity index (χ0n) is 13.9. The van der Waals surface area contributed by atoms with Gasteiger partial charge in [-0.15, -0.1) is 0 Å². The third-order valence-electron chi connectivity index (χ3n) is 3.72. The fourth-order valence-electron chi connectivity index (χ4n) is 2.40. The van der Waals surface area contributed by atoms with Crippen LogP contribution in [0.15, 0.2) is 12.2 Å². The van der Waals surface area contributed by atoms with Crippen LogP contribution in [0.4, 0.5) is 0 Å². The number of carboxylic acid groups (broad SMARTS) is 1. The summed E-state index contributed by atoms with van der Waals surface area (Å²) in [6.45, 7) is 0. The molecule has 0 aliphatic carbocycles. The number of allylic oxidation sites excluding steroid dienone is 2. The zero-order chi connectivity index (χ0) is 16.5. The van der Waals surface area contributed by atoms with Crippen LogP contribution in [0.3, 0.4) is 0 Å². The lowest BCUT2D eigenvalue weighted by Gasteiger charge is -1.99. The molecule has 4 nitrogen and oxygen atoms in total. The molecule has 0 bridgehead atoms. The number of hydrogen-bond donors (Lipinski definition) is 2. The van der Waals surface area contributed by atoms with Crippen LogP contribution in [-0.4, -0.2) is 17.0 Å². The largest absolute Gasteiger partial charge is 0.481 e. The molecule has 0 aliphatic heterocycles. The van der Waals surface area contributed by atoms with Crippen molar-refractivity contribution in [2.24, 2.45) is 5.73 Å². The van der Waals surface area contributed by atoms with Crippen molar-refractivity contribution in [3.63, 3.8) is 0 Å². The average Bonchev–Trinajstić information content (AvgIpc) is 2.46. The molecule has 0 atom stereocenters. The van der Waals surface area contributed by atoms with Gasteiger partial charge in [0.25, 0.3) is 0 Å². The van der Waals surface area contributed by atoms with Gasteiger partial charge in [-0.2, -0.15) is 0 Å². The number of nitrogens with two attached hydrogens (primary N) is 1. The van der Waals surface area contributed by atoms with Crippen molar-refractivity contribution >= 4 is 11.9 Å². The van der Waals surface area contributed by atoms with Gasteiger partial charge in [0, 0.05) is 12.8 Å². The third kappa shape index (κ3) is 18.7. The minimum Gasteiger partial charge on any atom is -0.481 e. The predicted octanol–water partition coefficient (Wildman–Crippen LogP) is 4.57. The first kappa shape index (κ1) is 20.7. The van der Waals surface area contributed by atoms with Gasteiger partial charge in [-0.05, 0) is 38.5 Å². The maximum atomic E-state index is 10.5. The summed E-state index contributed by atoms with van der Waals surface area (Å²) >= 11 is 0. The van der Waals surface area contributed by atoms with Crippen LogP contribution in [-0.2, 0) is 9.59 Å². The number of carbonyl (C=O) groups is 2. The van der Waals surface area contributed by atoms with Crippen LogP contribution < -0.4 is 5.73 Å². The molecule has 0 saturated carbocycles. The maximum absolute atomic E-state index is 10.5. The number of hydrogen-bond acceptors (Lipinski definition) is 2. The lowest BCUT2D eigenvalue weighted by Crippen LogP contribution is -2.09. The summed E-state index contributed by atoms with van der Waals surface area (Å²) in [5.74, 6) is -0.874. The number of unbranched alkanes of at least 4 members (excludes halogenated alkanes) is 10. The Morgan fingerprint density at radius 1 is 0.682 bits per heavy atom. The van der Waals surface area contributed by atoms with Crippen molar-refractivity contribution in [1.82, 2.24) is 0 Å². The Morgan fingerprint density at radius 2 is 1.09 bits per heavy atom. The molecule has 0 aromatic heterocycles. The number of amides is 1. The van der Waals surface area contributed by atoms with Gasteiger partial charge in [-0.3, -0.25) is 9.59 Å². The van der Waals surface area contributed by atoms with Crippen molar-refractivity contribution in [2.45, 2.75) is 89.9 Å². The van der Waals surface area contributed by atoms with E-state index in [0.29, 0.717) is 12.8 Å². The summed E-state index contributed by atoms with van der Waals surface area (Å²) < 4.78 is 0. The van der Waals surface area contributed by atoms with Crippen LogP contribution in [0.25, 0.3) is 0 Å². The normalized spacial score (nSPS) is 11.1. The Kier molecular flexibility index (Phi) is 15.1. The van der Waals surface area contributed by atoms with Gasteiger partial charge in [0.1, 0.15) is 0 Å². The maximum Gasteiger partial charge on any atom is 0.303 e. The summed E-state index contributed by atoms with van der Waals surface area (Å²) in [7, 11) is 0. The third-order valence-corrected chi connectivity index (χ3v) is 3.72. The topological polar surface area (TPSA) is 80.4 Å². The molecule has 0 aromatic carbocycles. The highest BCUT2D eigenvalue weighted by molar-refractivity contribution is 5.73. The second-order valence-corrected chi connectivity index (χ2v) is 5.94. The van der Waals surface area contributed by atoms with E-state index >= 15 is 0 Å². The number of aliphatic carboxylic acids is 1. The summed E-state index contributed by atoms with van der Waals surface area (Å²) in [6, 6.07) is 0. The number of primary amides is 1. The average molecular weight is 311 g/mol. The second kappa shape index (κ2) is 16.1. The van der Waals surface area contributed by atoms with Gasteiger partial charge < -0.3 is 10.8 Å². The van der Waals surface area contributed by atoms with E-state index in [4.69, 9.17) is 10.8 Å². The molecule has 0 saturated heterocycles. The van der Waals surface area contributed by atoms with Crippen molar-refractivity contribution in [1.29, 1.82) is 0 Å². The van der Waals surface area contributed by atoms with E-state index < -0.39 is 5.97 Å². The highest BCUT2D eigenvalue weighted by atomic mass is 16.4. The van der Waals surface area contributed by atoms with Crippen LogP contribution in [0, 0.1) is 0 Å². The molecule has 0 aliphatic rings. The van der Waals surface area contributed by atoms with Gasteiger partial charge in [0.2, 0.25) is 5.91 Å². The summed E-state index contributed by atoms with van der Waals surface area (Å²) in [5.41, 5.74) is 5.09. The van der Waals surface area contributed by atoms with Gasteiger partial charge in [-0.1, -0.05) is 50.7 Å². The molecule has 0 spiro atoms.